The fourth-order valence-corrected chi connectivity index (χ4v) is 2.87. The standard InChI is InChI=1S/C18H30NO5P/c1-4-5-6-10-14-18(2,3)17(20)19-24-25(21,22)23-15-13-16-11-8-7-9-12-16/h7-9,11-12H,4-6,10,13-15H2,1-3H3,(H,19,20)(H,21,22). The molecule has 1 amide bonds. The molecule has 1 aromatic rings. The largest absolute Gasteiger partial charge is 0.493 e. The lowest BCUT2D eigenvalue weighted by molar-refractivity contribution is -0.138. The quantitative estimate of drug-likeness (QED) is 0.323. The average molecular weight is 371 g/mol. The van der Waals surface area contributed by atoms with E-state index in [1.54, 1.807) is 13.8 Å². The molecule has 0 saturated carbocycles. The van der Waals surface area contributed by atoms with Crippen molar-refractivity contribution in [3.05, 3.63) is 35.9 Å². The van der Waals surface area contributed by atoms with E-state index in [0.29, 0.717) is 12.8 Å². The lowest BCUT2D eigenvalue weighted by Crippen LogP contribution is -2.36. The molecular formula is C18H30NO5P. The van der Waals surface area contributed by atoms with E-state index in [-0.39, 0.29) is 6.61 Å². The minimum atomic E-state index is -4.32. The number of carbonyl (C=O) groups excluding carboxylic acids is 1. The molecule has 0 heterocycles. The number of carbonyl (C=O) groups is 1. The zero-order chi connectivity index (χ0) is 18.8. The highest BCUT2D eigenvalue weighted by molar-refractivity contribution is 7.47. The van der Waals surface area contributed by atoms with E-state index in [2.05, 4.69) is 17.0 Å². The molecule has 0 fully saturated rings. The Kier molecular flexibility index (Phi) is 9.36. The molecule has 0 spiro atoms. The Morgan fingerprint density at radius 1 is 1.20 bits per heavy atom. The normalized spacial score (nSPS) is 14.1. The third kappa shape index (κ3) is 9.17. The van der Waals surface area contributed by atoms with E-state index in [1.807, 2.05) is 30.3 Å². The van der Waals surface area contributed by atoms with Gasteiger partial charge in [0.25, 0.3) is 0 Å². The van der Waals surface area contributed by atoms with Crippen LogP contribution in [0.15, 0.2) is 30.3 Å². The zero-order valence-electron chi connectivity index (χ0n) is 15.4. The smallest absolute Gasteiger partial charge is 0.301 e. The van der Waals surface area contributed by atoms with Gasteiger partial charge in [-0.25, -0.2) is 10.0 Å². The van der Waals surface area contributed by atoms with E-state index < -0.39 is 19.1 Å². The molecule has 0 aliphatic rings. The molecule has 1 unspecified atom stereocenters. The van der Waals surface area contributed by atoms with Crippen molar-refractivity contribution in [2.75, 3.05) is 6.61 Å². The molecule has 0 saturated heterocycles. The first kappa shape index (κ1) is 21.8. The molecule has 142 valence electrons. The van der Waals surface area contributed by atoms with Gasteiger partial charge in [-0.3, -0.25) is 9.32 Å². The van der Waals surface area contributed by atoms with Crippen molar-refractivity contribution in [1.29, 1.82) is 0 Å². The molecule has 0 aliphatic carbocycles. The Balaban J connectivity index is 2.33. The Morgan fingerprint density at radius 3 is 2.52 bits per heavy atom. The van der Waals surface area contributed by atoms with Crippen LogP contribution in [0.4, 0.5) is 0 Å². The van der Waals surface area contributed by atoms with Gasteiger partial charge in [0.2, 0.25) is 5.91 Å². The maximum absolute atomic E-state index is 12.1. The Bertz CT molecular complexity index is 562. The topological polar surface area (TPSA) is 84.9 Å². The van der Waals surface area contributed by atoms with E-state index in [4.69, 9.17) is 4.52 Å². The first-order chi connectivity index (χ1) is 11.8. The van der Waals surface area contributed by atoms with Crippen molar-refractivity contribution < 1.29 is 23.4 Å². The fourth-order valence-electron chi connectivity index (χ4n) is 2.29. The van der Waals surface area contributed by atoms with E-state index in [0.717, 1.165) is 31.2 Å². The van der Waals surface area contributed by atoms with Crippen LogP contribution in [-0.4, -0.2) is 17.4 Å². The monoisotopic (exact) mass is 371 g/mol. The van der Waals surface area contributed by atoms with Gasteiger partial charge in [-0.2, -0.15) is 4.62 Å². The first-order valence-electron chi connectivity index (χ1n) is 8.77. The summed E-state index contributed by atoms with van der Waals surface area (Å²) in [4.78, 5) is 21.8. The van der Waals surface area contributed by atoms with Crippen molar-refractivity contribution in [1.82, 2.24) is 5.48 Å². The number of phosphoric acid groups is 1. The Labute approximate surface area is 150 Å². The number of unbranched alkanes of at least 4 members (excludes halogenated alkanes) is 3. The molecule has 25 heavy (non-hydrogen) atoms. The summed E-state index contributed by atoms with van der Waals surface area (Å²) in [6.45, 7) is 5.72. The summed E-state index contributed by atoms with van der Waals surface area (Å²) in [5.41, 5.74) is 2.39. The number of hydrogen-bond acceptors (Lipinski definition) is 4. The number of amides is 1. The summed E-state index contributed by atoms with van der Waals surface area (Å²) in [6, 6.07) is 9.45. The summed E-state index contributed by atoms with van der Waals surface area (Å²) >= 11 is 0. The van der Waals surface area contributed by atoms with Crippen molar-refractivity contribution >= 4 is 13.7 Å². The van der Waals surface area contributed by atoms with Gasteiger partial charge in [0.05, 0.1) is 6.61 Å². The highest BCUT2D eigenvalue weighted by atomic mass is 31.2. The lowest BCUT2D eigenvalue weighted by atomic mass is 9.86. The second-order valence-electron chi connectivity index (χ2n) is 6.75. The maximum atomic E-state index is 12.1. The first-order valence-corrected chi connectivity index (χ1v) is 10.3. The van der Waals surface area contributed by atoms with Crippen molar-refractivity contribution in [3.63, 3.8) is 0 Å². The number of phosphoric ester groups is 1. The highest BCUT2D eigenvalue weighted by Gasteiger charge is 2.30. The van der Waals surface area contributed by atoms with Crippen molar-refractivity contribution in [2.45, 2.75) is 59.3 Å². The molecular weight excluding hydrogens is 341 g/mol. The predicted octanol–water partition coefficient (Wildman–Crippen LogP) is 4.39. The number of benzene rings is 1. The highest BCUT2D eigenvalue weighted by Crippen LogP contribution is 2.42. The Hall–Kier alpha value is -1.20. The van der Waals surface area contributed by atoms with Gasteiger partial charge in [-0.1, -0.05) is 76.8 Å². The summed E-state index contributed by atoms with van der Waals surface area (Å²) in [5.74, 6) is -0.426. The third-order valence-corrected chi connectivity index (χ3v) is 4.84. The molecule has 0 aromatic heterocycles. The lowest BCUT2D eigenvalue weighted by Gasteiger charge is -2.23. The molecule has 7 heteroatoms. The fraction of sp³-hybridized carbons (Fsp3) is 0.611. The number of hydroxylamine groups is 1. The van der Waals surface area contributed by atoms with Gasteiger partial charge in [-0.15, -0.1) is 0 Å². The van der Waals surface area contributed by atoms with E-state index >= 15 is 0 Å². The second kappa shape index (κ2) is 10.7. The van der Waals surface area contributed by atoms with Crippen LogP contribution in [0, 0.1) is 5.41 Å². The number of hydrogen-bond donors (Lipinski definition) is 2. The molecule has 6 nitrogen and oxygen atoms in total. The maximum Gasteiger partial charge on any atom is 0.493 e. The molecule has 0 bridgehead atoms. The van der Waals surface area contributed by atoms with Gasteiger partial charge >= 0.3 is 7.82 Å². The van der Waals surface area contributed by atoms with Gasteiger partial charge in [0, 0.05) is 5.41 Å². The molecule has 1 aromatic carbocycles. The zero-order valence-corrected chi connectivity index (χ0v) is 16.3. The van der Waals surface area contributed by atoms with Gasteiger partial charge in [-0.05, 0) is 18.4 Å². The summed E-state index contributed by atoms with van der Waals surface area (Å²) < 4.78 is 21.3. The van der Waals surface area contributed by atoms with Gasteiger partial charge < -0.3 is 4.89 Å². The van der Waals surface area contributed by atoms with Crippen LogP contribution in [0.5, 0.6) is 0 Å². The number of rotatable bonds is 12. The van der Waals surface area contributed by atoms with Crippen LogP contribution in [0.25, 0.3) is 0 Å². The van der Waals surface area contributed by atoms with E-state index in [1.165, 1.54) is 0 Å². The molecule has 1 rings (SSSR count). The van der Waals surface area contributed by atoms with Crippen LogP contribution in [-0.2, 0) is 24.9 Å². The van der Waals surface area contributed by atoms with Crippen LogP contribution in [0.2, 0.25) is 0 Å². The average Bonchev–Trinajstić information content (AvgIpc) is 2.57. The minimum Gasteiger partial charge on any atom is -0.301 e. The third-order valence-electron chi connectivity index (χ3n) is 4.01. The SMILES string of the molecule is CCCCCCC(C)(C)C(=O)NOP(=O)(O)OCCc1ccccc1. The van der Waals surface area contributed by atoms with Crippen LogP contribution < -0.4 is 5.48 Å². The molecule has 1 atom stereocenters. The summed E-state index contributed by atoms with van der Waals surface area (Å²) in [7, 11) is -4.32. The van der Waals surface area contributed by atoms with Crippen LogP contribution >= 0.6 is 7.82 Å². The van der Waals surface area contributed by atoms with Gasteiger partial charge in [0.1, 0.15) is 0 Å². The summed E-state index contributed by atoms with van der Waals surface area (Å²) in [5, 5.41) is 0. The predicted molar refractivity (Wildman–Crippen MR) is 97.7 cm³/mol. The number of nitrogens with one attached hydrogen (secondary N) is 1. The molecule has 2 N–H and O–H groups in total. The minimum absolute atomic E-state index is 0.0219. The molecule has 0 aliphatic heterocycles. The van der Waals surface area contributed by atoms with Crippen molar-refractivity contribution in [2.24, 2.45) is 5.41 Å². The van der Waals surface area contributed by atoms with Gasteiger partial charge in [0.15, 0.2) is 0 Å². The molecule has 0 radical (unpaired) electrons. The Morgan fingerprint density at radius 2 is 1.88 bits per heavy atom. The van der Waals surface area contributed by atoms with E-state index in [9.17, 15) is 14.3 Å². The second-order valence-corrected chi connectivity index (χ2v) is 8.13. The van der Waals surface area contributed by atoms with Crippen LogP contribution in [0.3, 0.4) is 0 Å². The summed E-state index contributed by atoms with van der Waals surface area (Å²) in [6.07, 6.45) is 5.42. The van der Waals surface area contributed by atoms with Crippen LogP contribution in [0.1, 0.15) is 58.4 Å². The van der Waals surface area contributed by atoms with Crippen molar-refractivity contribution in [3.8, 4) is 0 Å².